The fraction of sp³-hybridized carbons (Fsp3) is 0.0833. The first kappa shape index (κ1) is 9.87. The number of H-pyrrole nitrogens is 1. The number of thiophene rings is 1. The van der Waals surface area contributed by atoms with Crippen molar-refractivity contribution in [3.8, 4) is 10.4 Å². The van der Waals surface area contributed by atoms with Crippen LogP contribution in [0.2, 0.25) is 5.02 Å². The lowest BCUT2D eigenvalue weighted by Gasteiger charge is -2.01. The Morgan fingerprint density at radius 2 is 2.19 bits per heavy atom. The Bertz CT molecular complexity index is 654. The van der Waals surface area contributed by atoms with E-state index in [0.717, 1.165) is 26.5 Å². The van der Waals surface area contributed by atoms with Gasteiger partial charge in [-0.25, -0.2) is 4.98 Å². The third kappa shape index (κ3) is 1.44. The van der Waals surface area contributed by atoms with E-state index < -0.39 is 0 Å². The van der Waals surface area contributed by atoms with Crippen molar-refractivity contribution in [2.45, 2.75) is 6.92 Å². The molecule has 80 valence electrons. The van der Waals surface area contributed by atoms with Crippen LogP contribution in [0.4, 0.5) is 0 Å². The van der Waals surface area contributed by atoms with E-state index in [-0.39, 0.29) is 0 Å². The summed E-state index contributed by atoms with van der Waals surface area (Å²) in [5.41, 5.74) is 1.84. The Kier molecular flexibility index (Phi) is 2.23. The molecule has 0 unspecified atom stereocenters. The lowest BCUT2D eigenvalue weighted by molar-refractivity contribution is 1.33. The molecule has 0 saturated carbocycles. The zero-order chi connectivity index (χ0) is 11.1. The summed E-state index contributed by atoms with van der Waals surface area (Å²) in [5, 5.41) is 1.75. The van der Waals surface area contributed by atoms with Gasteiger partial charge >= 0.3 is 0 Å². The number of pyridine rings is 1. The van der Waals surface area contributed by atoms with Crippen LogP contribution in [0.1, 0.15) is 4.88 Å². The molecule has 0 aliphatic rings. The van der Waals surface area contributed by atoms with Gasteiger partial charge < -0.3 is 4.98 Å². The number of aromatic nitrogens is 2. The summed E-state index contributed by atoms with van der Waals surface area (Å²) in [4.78, 5) is 9.85. The van der Waals surface area contributed by atoms with Crippen molar-refractivity contribution in [2.24, 2.45) is 0 Å². The molecule has 0 radical (unpaired) electrons. The van der Waals surface area contributed by atoms with Crippen LogP contribution in [0.25, 0.3) is 21.5 Å². The highest BCUT2D eigenvalue weighted by atomic mass is 35.5. The first-order valence-electron chi connectivity index (χ1n) is 4.94. The van der Waals surface area contributed by atoms with Crippen LogP contribution in [0.15, 0.2) is 30.6 Å². The van der Waals surface area contributed by atoms with Crippen molar-refractivity contribution in [1.29, 1.82) is 0 Å². The second kappa shape index (κ2) is 3.61. The number of nitrogens with one attached hydrogen (secondary N) is 1. The van der Waals surface area contributed by atoms with Gasteiger partial charge in [-0.1, -0.05) is 11.6 Å². The molecular formula is C12H9ClN2S. The average molecular weight is 249 g/mol. The van der Waals surface area contributed by atoms with Crippen LogP contribution in [-0.4, -0.2) is 9.97 Å². The molecule has 0 amide bonds. The molecule has 4 heteroatoms. The summed E-state index contributed by atoms with van der Waals surface area (Å²) in [7, 11) is 0. The lowest BCUT2D eigenvalue weighted by Crippen LogP contribution is -1.81. The summed E-state index contributed by atoms with van der Waals surface area (Å²) >= 11 is 8.10. The summed E-state index contributed by atoms with van der Waals surface area (Å²) < 4.78 is 0. The Morgan fingerprint density at radius 1 is 1.31 bits per heavy atom. The van der Waals surface area contributed by atoms with Crippen LogP contribution >= 0.6 is 22.9 Å². The highest BCUT2D eigenvalue weighted by Gasteiger charge is 2.10. The molecular weight excluding hydrogens is 240 g/mol. The van der Waals surface area contributed by atoms with Gasteiger partial charge in [0, 0.05) is 33.1 Å². The second-order valence-electron chi connectivity index (χ2n) is 3.64. The van der Waals surface area contributed by atoms with Gasteiger partial charge in [-0.05, 0) is 25.1 Å². The molecule has 2 nitrogen and oxygen atoms in total. The fourth-order valence-electron chi connectivity index (χ4n) is 1.73. The molecule has 16 heavy (non-hydrogen) atoms. The minimum atomic E-state index is 0.771. The van der Waals surface area contributed by atoms with Gasteiger partial charge in [0.25, 0.3) is 0 Å². The number of hydrogen-bond donors (Lipinski definition) is 1. The van der Waals surface area contributed by atoms with Gasteiger partial charge in [-0.15, -0.1) is 11.3 Å². The van der Waals surface area contributed by atoms with Crippen LogP contribution in [0, 0.1) is 6.92 Å². The first-order chi connectivity index (χ1) is 7.75. The topological polar surface area (TPSA) is 28.7 Å². The number of aromatic amines is 1. The molecule has 1 N–H and O–H groups in total. The highest BCUT2D eigenvalue weighted by molar-refractivity contribution is 7.15. The number of halogens is 1. The van der Waals surface area contributed by atoms with Gasteiger partial charge in [0.2, 0.25) is 0 Å². The standard InChI is InChI=1S/C12H9ClN2S/c1-7-2-3-10(16-7)9-6-15-12-8(11(9)13)4-5-14-12/h2-6H,1H3,(H,14,15). The summed E-state index contributed by atoms with van der Waals surface area (Å²) in [6.45, 7) is 2.09. The predicted molar refractivity (Wildman–Crippen MR) is 69.2 cm³/mol. The smallest absolute Gasteiger partial charge is 0.138 e. The van der Waals surface area contributed by atoms with Gasteiger partial charge in [0.15, 0.2) is 0 Å². The maximum Gasteiger partial charge on any atom is 0.138 e. The molecule has 0 aliphatic heterocycles. The Hall–Kier alpha value is -1.32. The Labute approximate surface area is 102 Å². The number of aryl methyl sites for hydroxylation is 1. The van der Waals surface area contributed by atoms with Gasteiger partial charge in [-0.3, -0.25) is 0 Å². The summed E-state index contributed by atoms with van der Waals surface area (Å²) in [6.07, 6.45) is 3.68. The van der Waals surface area contributed by atoms with E-state index in [1.165, 1.54) is 4.88 Å². The van der Waals surface area contributed by atoms with Crippen LogP contribution in [0.3, 0.4) is 0 Å². The molecule has 0 bridgehead atoms. The van der Waals surface area contributed by atoms with E-state index in [4.69, 9.17) is 11.6 Å². The van der Waals surface area contributed by atoms with Crippen LogP contribution < -0.4 is 0 Å². The summed E-state index contributed by atoms with van der Waals surface area (Å²) in [6, 6.07) is 6.13. The normalized spacial score (nSPS) is 11.1. The molecule has 0 aliphatic carbocycles. The van der Waals surface area contributed by atoms with Gasteiger partial charge in [-0.2, -0.15) is 0 Å². The predicted octanol–water partition coefficient (Wildman–Crippen LogP) is 4.25. The number of nitrogens with zero attached hydrogens (tertiary/aromatic N) is 1. The maximum atomic E-state index is 6.37. The van der Waals surface area contributed by atoms with Crippen molar-refractivity contribution in [2.75, 3.05) is 0 Å². The van der Waals surface area contributed by atoms with E-state index in [1.54, 1.807) is 11.3 Å². The van der Waals surface area contributed by atoms with E-state index >= 15 is 0 Å². The first-order valence-corrected chi connectivity index (χ1v) is 6.13. The molecule has 3 aromatic rings. The number of hydrogen-bond acceptors (Lipinski definition) is 2. The van der Waals surface area contributed by atoms with E-state index in [2.05, 4.69) is 29.0 Å². The molecule has 3 heterocycles. The van der Waals surface area contributed by atoms with Crippen molar-refractivity contribution < 1.29 is 0 Å². The molecule has 0 atom stereocenters. The number of fused-ring (bicyclic) bond motifs is 1. The molecule has 3 rings (SSSR count). The Morgan fingerprint density at radius 3 is 2.94 bits per heavy atom. The zero-order valence-electron chi connectivity index (χ0n) is 8.62. The third-order valence-corrected chi connectivity index (χ3v) is 3.97. The van der Waals surface area contributed by atoms with Crippen molar-refractivity contribution in [3.05, 3.63) is 40.5 Å². The molecule has 3 aromatic heterocycles. The zero-order valence-corrected chi connectivity index (χ0v) is 10.2. The Balaban J connectivity index is 2.27. The fourth-order valence-corrected chi connectivity index (χ4v) is 2.97. The quantitative estimate of drug-likeness (QED) is 0.685. The van der Waals surface area contributed by atoms with Gasteiger partial charge in [0.1, 0.15) is 5.65 Å². The van der Waals surface area contributed by atoms with E-state index in [0.29, 0.717) is 0 Å². The minimum Gasteiger partial charge on any atom is -0.346 e. The molecule has 0 saturated heterocycles. The number of rotatable bonds is 1. The highest BCUT2D eigenvalue weighted by Crippen LogP contribution is 2.36. The van der Waals surface area contributed by atoms with Crippen molar-refractivity contribution in [3.63, 3.8) is 0 Å². The van der Waals surface area contributed by atoms with Crippen molar-refractivity contribution in [1.82, 2.24) is 9.97 Å². The minimum absolute atomic E-state index is 0.771. The monoisotopic (exact) mass is 248 g/mol. The van der Waals surface area contributed by atoms with E-state index in [1.807, 2.05) is 18.5 Å². The van der Waals surface area contributed by atoms with Crippen LogP contribution in [0.5, 0.6) is 0 Å². The SMILES string of the molecule is Cc1ccc(-c2cnc3[nH]ccc3c2Cl)s1. The summed E-state index contributed by atoms with van der Waals surface area (Å²) in [5.74, 6) is 0. The van der Waals surface area contributed by atoms with Crippen molar-refractivity contribution >= 4 is 34.0 Å². The lowest BCUT2D eigenvalue weighted by atomic mass is 10.2. The largest absolute Gasteiger partial charge is 0.346 e. The van der Waals surface area contributed by atoms with E-state index in [9.17, 15) is 0 Å². The third-order valence-electron chi connectivity index (χ3n) is 2.53. The maximum absolute atomic E-state index is 6.37. The van der Waals surface area contributed by atoms with Crippen LogP contribution in [-0.2, 0) is 0 Å². The molecule has 0 spiro atoms. The molecule has 0 aromatic carbocycles. The average Bonchev–Trinajstić information content (AvgIpc) is 2.87. The molecule has 0 fully saturated rings. The second-order valence-corrected chi connectivity index (χ2v) is 5.30. The van der Waals surface area contributed by atoms with Gasteiger partial charge in [0.05, 0.1) is 5.02 Å².